The molecule has 3 aromatic carbocycles. The van der Waals surface area contributed by atoms with Gasteiger partial charge in [-0.25, -0.2) is 4.79 Å². The number of amides is 1. The van der Waals surface area contributed by atoms with Crippen LogP contribution in [0.5, 0.6) is 0 Å². The molecule has 0 spiro atoms. The van der Waals surface area contributed by atoms with Gasteiger partial charge in [0, 0.05) is 25.5 Å². The van der Waals surface area contributed by atoms with Gasteiger partial charge in [0.2, 0.25) is 0 Å². The van der Waals surface area contributed by atoms with Crippen LogP contribution < -0.4 is 10.2 Å². The van der Waals surface area contributed by atoms with Crippen molar-refractivity contribution >= 4 is 34.6 Å². The molecule has 0 aliphatic rings. The number of nitrogens with zero attached hydrogens (tertiary/aromatic N) is 3. The smallest absolute Gasteiger partial charge is 0.416 e. The fraction of sp³-hybridized carbons (Fsp3) is 0.167. The second kappa shape index (κ2) is 10.6. The van der Waals surface area contributed by atoms with Crippen LogP contribution in [0.15, 0.2) is 83.0 Å². The van der Waals surface area contributed by atoms with E-state index in [1.54, 1.807) is 30.3 Å². The van der Waals surface area contributed by atoms with Crippen molar-refractivity contribution in [2.75, 3.05) is 30.9 Å². The minimum Gasteiger partial charge on any atom is -0.452 e. The van der Waals surface area contributed by atoms with Gasteiger partial charge >= 0.3 is 12.1 Å². The number of rotatable bonds is 7. The Balaban J connectivity index is 1.60. The largest absolute Gasteiger partial charge is 0.452 e. The van der Waals surface area contributed by atoms with Crippen molar-refractivity contribution in [3.63, 3.8) is 0 Å². The first-order valence-electron chi connectivity index (χ1n) is 10.1. The van der Waals surface area contributed by atoms with Gasteiger partial charge < -0.3 is 15.0 Å². The third-order valence-electron chi connectivity index (χ3n) is 4.59. The van der Waals surface area contributed by atoms with Gasteiger partial charge in [-0.3, -0.25) is 4.79 Å². The molecule has 176 valence electrons. The average molecular weight is 470 g/mol. The Kier molecular flexibility index (Phi) is 7.62. The zero-order valence-electron chi connectivity index (χ0n) is 18.3. The minimum absolute atomic E-state index is 0.110. The molecule has 7 nitrogen and oxygen atoms in total. The summed E-state index contributed by atoms with van der Waals surface area (Å²) in [6.07, 6.45) is -4.47. The van der Waals surface area contributed by atoms with Crippen LogP contribution in [-0.4, -0.2) is 32.6 Å². The molecule has 0 fully saturated rings. The molecule has 10 heteroatoms. The van der Waals surface area contributed by atoms with E-state index in [-0.39, 0.29) is 16.9 Å². The van der Waals surface area contributed by atoms with Crippen molar-refractivity contribution in [1.82, 2.24) is 0 Å². The molecule has 0 aliphatic heterocycles. The molecule has 34 heavy (non-hydrogen) atoms. The summed E-state index contributed by atoms with van der Waals surface area (Å²) in [4.78, 5) is 26.5. The van der Waals surface area contributed by atoms with Crippen LogP contribution in [-0.2, 0) is 15.7 Å². The second-order valence-corrected chi connectivity index (χ2v) is 7.33. The normalized spacial score (nSPS) is 11.3. The Hall–Kier alpha value is -4.21. The number of hydrogen-bond donors (Lipinski definition) is 1. The number of azo groups is 1. The van der Waals surface area contributed by atoms with Crippen LogP contribution in [0.25, 0.3) is 0 Å². The lowest BCUT2D eigenvalue weighted by Crippen LogP contribution is -2.21. The maximum atomic E-state index is 12.6. The second-order valence-electron chi connectivity index (χ2n) is 7.33. The molecule has 0 atom stereocenters. The van der Waals surface area contributed by atoms with Gasteiger partial charge in [0.15, 0.2) is 6.61 Å². The van der Waals surface area contributed by atoms with Crippen LogP contribution in [0, 0.1) is 0 Å². The number of nitrogens with one attached hydrogen (secondary N) is 1. The highest BCUT2D eigenvalue weighted by molar-refractivity contribution is 5.98. The topological polar surface area (TPSA) is 83.4 Å². The van der Waals surface area contributed by atoms with Crippen molar-refractivity contribution < 1.29 is 27.5 Å². The molecule has 0 bridgehead atoms. The quantitative estimate of drug-likeness (QED) is 0.340. The maximum Gasteiger partial charge on any atom is 0.416 e. The summed E-state index contributed by atoms with van der Waals surface area (Å²) in [5, 5.41) is 10.6. The molecule has 0 unspecified atom stereocenters. The lowest BCUT2D eigenvalue weighted by atomic mass is 10.2. The Labute approximate surface area is 193 Å². The van der Waals surface area contributed by atoms with Crippen molar-refractivity contribution in [1.29, 1.82) is 0 Å². The Bertz CT molecular complexity index is 1180. The fourth-order valence-corrected chi connectivity index (χ4v) is 2.81. The zero-order valence-corrected chi connectivity index (χ0v) is 18.3. The van der Waals surface area contributed by atoms with Gasteiger partial charge in [0.1, 0.15) is 5.69 Å². The van der Waals surface area contributed by atoms with Crippen molar-refractivity contribution in [2.24, 2.45) is 10.2 Å². The Morgan fingerprint density at radius 1 is 0.912 bits per heavy atom. The summed E-state index contributed by atoms with van der Waals surface area (Å²) in [5.41, 5.74) is 1.26. The standard InChI is InChI=1S/C24H21F3N4O3/c1-31(2)19-13-11-18(12-14-19)29-30-21-6-4-3-5-20(21)23(33)34-15-22(32)28-17-9-7-16(8-10-17)24(25,26)27/h3-14H,15H2,1-2H3,(H,28,32). The molecular weight excluding hydrogens is 449 g/mol. The maximum absolute atomic E-state index is 12.6. The van der Waals surface area contributed by atoms with Crippen LogP contribution in [0.2, 0.25) is 0 Å². The predicted molar refractivity (Wildman–Crippen MR) is 122 cm³/mol. The number of hydrogen-bond acceptors (Lipinski definition) is 6. The van der Waals surface area contributed by atoms with Crippen molar-refractivity contribution in [2.45, 2.75) is 6.18 Å². The third kappa shape index (κ3) is 6.64. The summed E-state index contributed by atoms with van der Waals surface area (Å²) < 4.78 is 42.9. The van der Waals surface area contributed by atoms with Gasteiger partial charge in [-0.05, 0) is 60.7 Å². The molecule has 0 radical (unpaired) electrons. The number of anilines is 2. The molecular formula is C24H21F3N4O3. The van der Waals surface area contributed by atoms with Crippen LogP contribution in [0.3, 0.4) is 0 Å². The zero-order chi connectivity index (χ0) is 24.7. The van der Waals surface area contributed by atoms with E-state index < -0.39 is 30.2 Å². The molecule has 0 saturated heterocycles. The summed E-state index contributed by atoms with van der Waals surface area (Å²) in [6, 6.07) is 17.6. The molecule has 1 amide bonds. The number of ether oxygens (including phenoxy) is 1. The van der Waals surface area contributed by atoms with Gasteiger partial charge in [-0.15, -0.1) is 5.11 Å². The SMILES string of the molecule is CN(C)c1ccc(N=Nc2ccccc2C(=O)OCC(=O)Nc2ccc(C(F)(F)F)cc2)cc1. The van der Waals surface area contributed by atoms with E-state index in [1.165, 1.54) is 6.07 Å². The van der Waals surface area contributed by atoms with Gasteiger partial charge in [0.25, 0.3) is 5.91 Å². The molecule has 3 rings (SSSR count). The highest BCUT2D eigenvalue weighted by Gasteiger charge is 2.30. The Morgan fingerprint density at radius 3 is 2.18 bits per heavy atom. The monoisotopic (exact) mass is 470 g/mol. The van der Waals surface area contributed by atoms with E-state index in [0.717, 1.165) is 30.0 Å². The lowest BCUT2D eigenvalue weighted by molar-refractivity contribution is -0.137. The summed E-state index contributed by atoms with van der Waals surface area (Å²) in [7, 11) is 3.84. The number of carbonyl (C=O) groups is 2. The van der Waals surface area contributed by atoms with Crippen LogP contribution in [0.1, 0.15) is 15.9 Å². The molecule has 0 saturated carbocycles. The molecule has 3 aromatic rings. The first kappa shape index (κ1) is 24.4. The first-order chi connectivity index (χ1) is 16.1. The van der Waals surface area contributed by atoms with E-state index >= 15 is 0 Å². The van der Waals surface area contributed by atoms with Crippen LogP contribution in [0.4, 0.5) is 35.9 Å². The number of benzene rings is 3. The first-order valence-corrected chi connectivity index (χ1v) is 10.1. The summed E-state index contributed by atoms with van der Waals surface area (Å²) >= 11 is 0. The minimum atomic E-state index is -4.47. The highest BCUT2D eigenvalue weighted by Crippen LogP contribution is 2.30. The number of carbonyl (C=O) groups excluding carboxylic acids is 2. The lowest BCUT2D eigenvalue weighted by Gasteiger charge is -2.11. The number of alkyl halides is 3. The van der Waals surface area contributed by atoms with Crippen LogP contribution >= 0.6 is 0 Å². The fourth-order valence-electron chi connectivity index (χ4n) is 2.81. The Morgan fingerprint density at radius 2 is 1.56 bits per heavy atom. The van der Waals surface area contributed by atoms with Gasteiger partial charge in [-0.2, -0.15) is 18.3 Å². The van der Waals surface area contributed by atoms with E-state index in [2.05, 4.69) is 15.5 Å². The molecule has 1 N–H and O–H groups in total. The average Bonchev–Trinajstić information content (AvgIpc) is 2.81. The van der Waals surface area contributed by atoms with E-state index in [4.69, 9.17) is 4.74 Å². The predicted octanol–water partition coefficient (Wildman–Crippen LogP) is 5.98. The number of halogens is 3. The summed E-state index contributed by atoms with van der Waals surface area (Å²) in [6.45, 7) is -0.628. The molecule has 0 aromatic heterocycles. The van der Waals surface area contributed by atoms with E-state index in [9.17, 15) is 22.8 Å². The van der Waals surface area contributed by atoms with E-state index in [1.807, 2.05) is 31.1 Å². The highest BCUT2D eigenvalue weighted by atomic mass is 19.4. The molecule has 0 heterocycles. The van der Waals surface area contributed by atoms with Crippen molar-refractivity contribution in [3.05, 3.63) is 83.9 Å². The number of esters is 1. The molecule has 0 aliphatic carbocycles. The van der Waals surface area contributed by atoms with Gasteiger partial charge in [0.05, 0.1) is 16.8 Å². The summed E-state index contributed by atoms with van der Waals surface area (Å²) in [5.74, 6) is -1.49. The third-order valence-corrected chi connectivity index (χ3v) is 4.59. The van der Waals surface area contributed by atoms with E-state index in [0.29, 0.717) is 5.69 Å². The van der Waals surface area contributed by atoms with Gasteiger partial charge in [-0.1, -0.05) is 12.1 Å². The van der Waals surface area contributed by atoms with Crippen molar-refractivity contribution in [3.8, 4) is 0 Å².